The van der Waals surface area contributed by atoms with Crippen LogP contribution in [0.25, 0.3) is 21.8 Å². The van der Waals surface area contributed by atoms with E-state index >= 15 is 0 Å². The third kappa shape index (κ3) is 9.21. The van der Waals surface area contributed by atoms with Crippen molar-refractivity contribution in [2.45, 2.75) is 97.3 Å². The van der Waals surface area contributed by atoms with Gasteiger partial charge in [-0.05, 0) is 55.7 Å². The van der Waals surface area contributed by atoms with E-state index in [0.29, 0.717) is 0 Å². The molecule has 3 aromatic rings. The minimum Gasteiger partial charge on any atom is -0.494 e. The Hall–Kier alpha value is -2.20. The molecule has 0 unspecified atom stereocenters. The van der Waals surface area contributed by atoms with Crippen LogP contribution < -0.4 is 4.74 Å². The predicted octanol–water partition coefficient (Wildman–Crippen LogP) is 9.51. The van der Waals surface area contributed by atoms with Gasteiger partial charge in [-0.3, -0.25) is 0 Å². The lowest BCUT2D eigenvalue weighted by molar-refractivity contribution is 0.304. The maximum atomic E-state index is 5.92. The molecular formula is C30H42N2OS. The molecule has 0 bridgehead atoms. The molecule has 0 amide bonds. The summed E-state index contributed by atoms with van der Waals surface area (Å²) in [6, 6.07) is 12.6. The minimum absolute atomic E-state index is 0.759. The van der Waals surface area contributed by atoms with Crippen LogP contribution >= 0.6 is 11.3 Å². The molecule has 3 rings (SSSR count). The van der Waals surface area contributed by atoms with E-state index in [0.717, 1.165) is 35.7 Å². The Morgan fingerprint density at radius 2 is 1.26 bits per heavy atom. The number of aryl methyl sites for hydroxylation is 1. The average Bonchev–Trinajstić information content (AvgIpc) is 3.35. The molecule has 0 radical (unpaired) electrons. The number of rotatable bonds is 17. The molecular weight excluding hydrogens is 436 g/mol. The van der Waals surface area contributed by atoms with Crippen molar-refractivity contribution in [2.75, 3.05) is 6.61 Å². The van der Waals surface area contributed by atoms with Gasteiger partial charge < -0.3 is 4.74 Å². The number of unbranched alkanes of at least 4 members (excludes halogenated alkanes) is 10. The first-order valence-electron chi connectivity index (χ1n) is 13.4. The van der Waals surface area contributed by atoms with Crippen LogP contribution in [0, 0.1) is 0 Å². The highest BCUT2D eigenvalue weighted by Gasteiger charge is 2.07. The van der Waals surface area contributed by atoms with Gasteiger partial charge in [0.1, 0.15) is 5.75 Å². The van der Waals surface area contributed by atoms with Crippen LogP contribution in [0.1, 0.15) is 95.8 Å². The fourth-order valence-corrected chi connectivity index (χ4v) is 5.15. The predicted molar refractivity (Wildman–Crippen MR) is 147 cm³/mol. The molecule has 0 saturated heterocycles. The van der Waals surface area contributed by atoms with Gasteiger partial charge in [-0.1, -0.05) is 78.1 Å². The summed E-state index contributed by atoms with van der Waals surface area (Å²) in [4.78, 5) is 12.0. The zero-order chi connectivity index (χ0) is 23.8. The van der Waals surface area contributed by atoms with Crippen LogP contribution in [-0.2, 0) is 6.42 Å². The van der Waals surface area contributed by atoms with Crippen molar-refractivity contribution in [3.05, 3.63) is 53.7 Å². The Balaban J connectivity index is 1.40. The first-order valence-corrected chi connectivity index (χ1v) is 14.3. The van der Waals surface area contributed by atoms with Gasteiger partial charge >= 0.3 is 0 Å². The van der Waals surface area contributed by atoms with E-state index in [1.807, 2.05) is 35.9 Å². The van der Waals surface area contributed by atoms with E-state index in [4.69, 9.17) is 4.74 Å². The van der Waals surface area contributed by atoms with Gasteiger partial charge in [0, 0.05) is 33.3 Å². The van der Waals surface area contributed by atoms with Gasteiger partial charge in [-0.25, -0.2) is 9.97 Å². The van der Waals surface area contributed by atoms with Gasteiger partial charge in [-0.15, -0.1) is 11.3 Å². The van der Waals surface area contributed by atoms with E-state index in [-0.39, 0.29) is 0 Å². The van der Waals surface area contributed by atoms with Crippen molar-refractivity contribution in [2.24, 2.45) is 0 Å². The third-order valence-electron chi connectivity index (χ3n) is 6.25. The van der Waals surface area contributed by atoms with Crippen molar-refractivity contribution in [1.82, 2.24) is 9.97 Å². The largest absolute Gasteiger partial charge is 0.494 e. The monoisotopic (exact) mass is 478 g/mol. The number of nitrogens with zero attached hydrogens (tertiary/aromatic N) is 2. The van der Waals surface area contributed by atoms with Gasteiger partial charge in [-0.2, -0.15) is 0 Å². The van der Waals surface area contributed by atoms with Crippen molar-refractivity contribution in [3.8, 4) is 27.6 Å². The van der Waals surface area contributed by atoms with E-state index in [9.17, 15) is 0 Å². The van der Waals surface area contributed by atoms with Crippen LogP contribution in [0.3, 0.4) is 0 Å². The van der Waals surface area contributed by atoms with Gasteiger partial charge in [0.05, 0.1) is 6.61 Å². The van der Waals surface area contributed by atoms with Crippen molar-refractivity contribution in [3.63, 3.8) is 0 Å². The fraction of sp³-hybridized carbons (Fsp3) is 0.533. The van der Waals surface area contributed by atoms with Crippen LogP contribution in [0.15, 0.2) is 48.8 Å². The van der Waals surface area contributed by atoms with Crippen LogP contribution in [0.5, 0.6) is 5.75 Å². The third-order valence-corrected chi connectivity index (χ3v) is 7.45. The summed E-state index contributed by atoms with van der Waals surface area (Å²) in [5.74, 6) is 1.68. The molecule has 2 aromatic heterocycles. The summed E-state index contributed by atoms with van der Waals surface area (Å²) in [7, 11) is 0. The molecule has 0 spiro atoms. The molecule has 3 nitrogen and oxygen atoms in total. The molecule has 0 fully saturated rings. The maximum absolute atomic E-state index is 5.92. The Labute approximate surface area is 211 Å². The Morgan fingerprint density at radius 3 is 1.94 bits per heavy atom. The Morgan fingerprint density at radius 1 is 0.647 bits per heavy atom. The van der Waals surface area contributed by atoms with Crippen LogP contribution in [0.2, 0.25) is 0 Å². The summed E-state index contributed by atoms with van der Waals surface area (Å²) < 4.78 is 5.92. The highest BCUT2D eigenvalue weighted by Crippen LogP contribution is 2.29. The number of aromatic nitrogens is 2. The Bertz CT molecular complexity index is 918. The molecule has 0 N–H and O–H groups in total. The number of ether oxygens (including phenoxy) is 1. The van der Waals surface area contributed by atoms with Crippen molar-refractivity contribution < 1.29 is 4.74 Å². The minimum atomic E-state index is 0.759. The fourth-order valence-electron chi connectivity index (χ4n) is 4.12. The molecule has 0 saturated carbocycles. The second-order valence-corrected chi connectivity index (χ2v) is 10.4. The number of hydrogen-bond donors (Lipinski definition) is 0. The second-order valence-electron chi connectivity index (χ2n) is 9.22. The molecule has 1 aromatic carbocycles. The molecule has 0 aliphatic heterocycles. The maximum Gasteiger partial charge on any atom is 0.159 e. The highest BCUT2D eigenvalue weighted by atomic mass is 32.1. The van der Waals surface area contributed by atoms with E-state index in [1.54, 1.807) is 0 Å². The molecule has 0 aliphatic rings. The normalized spacial score (nSPS) is 11.1. The lowest BCUT2D eigenvalue weighted by atomic mass is 10.1. The molecule has 0 aliphatic carbocycles. The van der Waals surface area contributed by atoms with E-state index < -0.39 is 0 Å². The summed E-state index contributed by atoms with van der Waals surface area (Å²) >= 11 is 1.87. The second kappa shape index (κ2) is 15.7. The lowest BCUT2D eigenvalue weighted by Gasteiger charge is -2.07. The molecule has 4 heteroatoms. The number of thiophene rings is 1. The van der Waals surface area contributed by atoms with Gasteiger partial charge in [0.2, 0.25) is 0 Å². The first kappa shape index (κ1) is 26.4. The average molecular weight is 479 g/mol. The summed E-state index contributed by atoms with van der Waals surface area (Å²) in [5.41, 5.74) is 2.12. The Kier molecular flexibility index (Phi) is 12.2. The molecule has 184 valence electrons. The summed E-state index contributed by atoms with van der Waals surface area (Å²) in [6.45, 7) is 5.32. The standard InChI is InChI=1S/C30H42N2OS/c1-3-5-7-9-10-11-12-14-22-33-27-18-16-25(17-19-27)30-31-23-26(24-32-30)29-21-20-28(34-29)15-13-8-6-4-2/h16-21,23-24H,3-15,22H2,1-2H3. The summed E-state index contributed by atoms with van der Waals surface area (Å²) in [5, 5.41) is 0. The SMILES string of the molecule is CCCCCCCCCCOc1ccc(-c2ncc(-c3ccc(CCCCCC)s3)cn2)cc1. The molecule has 0 atom stereocenters. The molecule has 34 heavy (non-hydrogen) atoms. The van der Waals surface area contributed by atoms with E-state index in [2.05, 4.69) is 48.1 Å². The zero-order valence-corrected chi connectivity index (χ0v) is 22.0. The number of hydrogen-bond acceptors (Lipinski definition) is 4. The van der Waals surface area contributed by atoms with E-state index in [1.165, 1.54) is 86.8 Å². The lowest BCUT2D eigenvalue weighted by Crippen LogP contribution is -1.97. The van der Waals surface area contributed by atoms with Crippen molar-refractivity contribution >= 4 is 11.3 Å². The van der Waals surface area contributed by atoms with Gasteiger partial charge in [0.25, 0.3) is 0 Å². The smallest absolute Gasteiger partial charge is 0.159 e. The molecule has 2 heterocycles. The van der Waals surface area contributed by atoms with Crippen LogP contribution in [0.4, 0.5) is 0 Å². The number of benzene rings is 1. The zero-order valence-electron chi connectivity index (χ0n) is 21.2. The highest BCUT2D eigenvalue weighted by molar-refractivity contribution is 7.15. The van der Waals surface area contributed by atoms with Crippen LogP contribution in [-0.4, -0.2) is 16.6 Å². The quantitative estimate of drug-likeness (QED) is 0.181. The topological polar surface area (TPSA) is 35.0 Å². The van der Waals surface area contributed by atoms with Crippen molar-refractivity contribution in [1.29, 1.82) is 0 Å². The van der Waals surface area contributed by atoms with Gasteiger partial charge in [0.15, 0.2) is 5.82 Å². The first-order chi connectivity index (χ1) is 16.8. The summed E-state index contributed by atoms with van der Waals surface area (Å²) in [6.07, 6.45) is 20.8.